The molecule has 0 radical (unpaired) electrons. The van der Waals surface area contributed by atoms with Gasteiger partial charge in [0, 0.05) is 28.7 Å². The van der Waals surface area contributed by atoms with E-state index < -0.39 is 24.4 Å². The summed E-state index contributed by atoms with van der Waals surface area (Å²) in [5.74, 6) is -0.917. The molecule has 0 aliphatic rings. The summed E-state index contributed by atoms with van der Waals surface area (Å²) in [6, 6.07) is 11.8. The molecule has 0 saturated heterocycles. The summed E-state index contributed by atoms with van der Waals surface area (Å²) in [5, 5.41) is 3.64. The van der Waals surface area contributed by atoms with Crippen molar-refractivity contribution in [2.75, 3.05) is 38.4 Å². The molecule has 0 unspecified atom stereocenters. The lowest BCUT2D eigenvalue weighted by molar-refractivity contribution is -0.149. The van der Waals surface area contributed by atoms with Crippen molar-refractivity contribution in [3.63, 3.8) is 0 Å². The summed E-state index contributed by atoms with van der Waals surface area (Å²) in [6.45, 7) is -0.661. The van der Waals surface area contributed by atoms with Crippen molar-refractivity contribution in [1.29, 1.82) is 0 Å². The number of nitrogens with zero attached hydrogens (tertiary/aromatic N) is 1. The van der Waals surface area contributed by atoms with Gasteiger partial charge in [-0.1, -0.05) is 29.3 Å². The maximum absolute atomic E-state index is 12.1. The number of thioether (sulfide) groups is 1. The fourth-order valence-electron chi connectivity index (χ4n) is 2.22. The van der Waals surface area contributed by atoms with Crippen molar-refractivity contribution in [2.24, 2.45) is 0 Å². The van der Waals surface area contributed by atoms with Gasteiger partial charge in [0.15, 0.2) is 6.61 Å². The molecule has 0 bridgehead atoms. The van der Waals surface area contributed by atoms with Gasteiger partial charge >= 0.3 is 5.97 Å². The van der Waals surface area contributed by atoms with Crippen molar-refractivity contribution < 1.29 is 23.9 Å². The van der Waals surface area contributed by atoms with Crippen LogP contribution in [0.3, 0.4) is 0 Å². The number of benzene rings is 2. The van der Waals surface area contributed by atoms with Gasteiger partial charge in [-0.25, -0.2) is 0 Å². The summed E-state index contributed by atoms with van der Waals surface area (Å²) in [7, 11) is 2.97. The van der Waals surface area contributed by atoms with Crippen LogP contribution in [0.5, 0.6) is 5.75 Å². The molecule has 0 atom stereocenters. The molecule has 0 fully saturated rings. The Morgan fingerprint density at radius 3 is 2.63 bits per heavy atom. The number of carbonyl (C=O) groups is 3. The third-order valence-electron chi connectivity index (χ3n) is 3.76. The summed E-state index contributed by atoms with van der Waals surface area (Å²) in [6.07, 6.45) is 0. The molecule has 10 heteroatoms. The molecular weight excluding hydrogens is 451 g/mol. The molecule has 0 aromatic heterocycles. The summed E-state index contributed by atoms with van der Waals surface area (Å²) >= 11 is 13.1. The van der Waals surface area contributed by atoms with Crippen LogP contribution in [-0.2, 0) is 19.1 Å². The molecule has 2 rings (SSSR count). The lowest BCUT2D eigenvalue weighted by Gasteiger charge is -2.17. The smallest absolute Gasteiger partial charge is 0.316 e. The van der Waals surface area contributed by atoms with Gasteiger partial charge in [0.05, 0.1) is 24.4 Å². The van der Waals surface area contributed by atoms with Gasteiger partial charge in [-0.2, -0.15) is 0 Å². The minimum atomic E-state index is -0.585. The minimum absolute atomic E-state index is 0.0343. The number of rotatable bonds is 9. The first kappa shape index (κ1) is 23.9. The molecular formula is C20H20Cl2N2O5S. The number of esters is 1. The molecule has 7 nitrogen and oxygen atoms in total. The average molecular weight is 471 g/mol. The quantitative estimate of drug-likeness (QED) is 0.443. The SMILES string of the molecule is COc1cccc(NC(=O)CN(C)C(=O)COC(=O)CSc2cc(Cl)ccc2Cl)c1. The van der Waals surface area contributed by atoms with Crippen molar-refractivity contribution in [1.82, 2.24) is 4.90 Å². The third-order valence-corrected chi connectivity index (χ3v) is 5.46. The van der Waals surface area contributed by atoms with Gasteiger partial charge in [0.2, 0.25) is 5.91 Å². The number of likely N-dealkylation sites (N-methyl/N-ethyl adjacent to an activating group) is 1. The Hall–Kier alpha value is -2.42. The fraction of sp³-hybridized carbons (Fsp3) is 0.250. The van der Waals surface area contributed by atoms with Gasteiger partial charge in [0.1, 0.15) is 5.75 Å². The number of hydrogen-bond acceptors (Lipinski definition) is 6. The summed E-state index contributed by atoms with van der Waals surface area (Å²) in [5.41, 5.74) is 0.545. The van der Waals surface area contributed by atoms with Gasteiger partial charge in [-0.15, -0.1) is 11.8 Å². The lowest BCUT2D eigenvalue weighted by Crippen LogP contribution is -2.37. The molecule has 2 aromatic rings. The van der Waals surface area contributed by atoms with Crippen molar-refractivity contribution in [3.05, 3.63) is 52.5 Å². The lowest BCUT2D eigenvalue weighted by atomic mass is 10.3. The second kappa shape index (κ2) is 11.7. The molecule has 0 spiro atoms. The molecule has 0 saturated carbocycles. The van der Waals surface area contributed by atoms with Crippen LogP contribution < -0.4 is 10.1 Å². The van der Waals surface area contributed by atoms with E-state index in [4.69, 9.17) is 32.7 Å². The Bertz CT molecular complexity index is 926. The Balaban J connectivity index is 1.74. The van der Waals surface area contributed by atoms with E-state index in [1.165, 1.54) is 19.1 Å². The first-order chi connectivity index (χ1) is 14.3. The molecule has 0 aliphatic carbocycles. The molecule has 2 aromatic carbocycles. The number of carbonyl (C=O) groups excluding carboxylic acids is 3. The van der Waals surface area contributed by atoms with Crippen LogP contribution in [0.2, 0.25) is 10.0 Å². The zero-order valence-electron chi connectivity index (χ0n) is 16.3. The van der Waals surface area contributed by atoms with Gasteiger partial charge < -0.3 is 19.7 Å². The Kier molecular flexibility index (Phi) is 9.29. The highest BCUT2D eigenvalue weighted by Crippen LogP contribution is 2.29. The van der Waals surface area contributed by atoms with E-state index in [-0.39, 0.29) is 12.3 Å². The third kappa shape index (κ3) is 7.78. The van der Waals surface area contributed by atoms with E-state index in [2.05, 4.69) is 5.32 Å². The molecule has 0 aliphatic heterocycles. The van der Waals surface area contributed by atoms with E-state index >= 15 is 0 Å². The van der Waals surface area contributed by atoms with Crippen molar-refractivity contribution in [3.8, 4) is 5.75 Å². The van der Waals surface area contributed by atoms with Crippen LogP contribution in [0, 0.1) is 0 Å². The van der Waals surface area contributed by atoms with Crippen LogP contribution in [0.4, 0.5) is 5.69 Å². The number of ether oxygens (including phenoxy) is 2. The molecule has 160 valence electrons. The van der Waals surface area contributed by atoms with Crippen LogP contribution in [-0.4, -0.2) is 55.7 Å². The second-order valence-electron chi connectivity index (χ2n) is 6.05. The number of amides is 2. The standard InChI is InChI=1S/C20H20Cl2N2O5S/c1-24(10-18(25)23-14-4-3-5-15(9-14)28-2)19(26)11-29-20(27)12-30-17-8-13(21)6-7-16(17)22/h3-9H,10-12H2,1-2H3,(H,23,25). The highest BCUT2D eigenvalue weighted by molar-refractivity contribution is 8.00. The summed E-state index contributed by atoms with van der Waals surface area (Å²) in [4.78, 5) is 37.9. The monoisotopic (exact) mass is 470 g/mol. The van der Waals surface area contributed by atoms with Crippen LogP contribution in [0.1, 0.15) is 0 Å². The largest absolute Gasteiger partial charge is 0.497 e. The Morgan fingerprint density at radius 1 is 1.13 bits per heavy atom. The normalized spacial score (nSPS) is 10.3. The number of halogens is 2. The van der Waals surface area contributed by atoms with E-state index in [0.717, 1.165) is 11.8 Å². The number of methoxy groups -OCH3 is 1. The minimum Gasteiger partial charge on any atom is -0.497 e. The second-order valence-corrected chi connectivity index (χ2v) is 7.91. The van der Waals surface area contributed by atoms with E-state index in [9.17, 15) is 14.4 Å². The predicted octanol–water partition coefficient (Wildman–Crippen LogP) is 3.73. The zero-order chi connectivity index (χ0) is 22.1. The average Bonchev–Trinajstić information content (AvgIpc) is 2.72. The van der Waals surface area contributed by atoms with Gasteiger partial charge in [0.25, 0.3) is 5.91 Å². The highest BCUT2D eigenvalue weighted by atomic mass is 35.5. The van der Waals surface area contributed by atoms with Crippen LogP contribution >= 0.6 is 35.0 Å². The number of anilines is 1. The maximum Gasteiger partial charge on any atom is 0.316 e. The molecule has 1 N–H and O–H groups in total. The number of hydrogen-bond donors (Lipinski definition) is 1. The van der Waals surface area contributed by atoms with E-state index in [1.807, 2.05) is 0 Å². The van der Waals surface area contributed by atoms with Gasteiger partial charge in [-0.05, 0) is 30.3 Å². The maximum atomic E-state index is 12.1. The van der Waals surface area contributed by atoms with Crippen LogP contribution in [0.25, 0.3) is 0 Å². The molecule has 30 heavy (non-hydrogen) atoms. The van der Waals surface area contributed by atoms with Crippen molar-refractivity contribution >= 4 is 58.4 Å². The summed E-state index contributed by atoms with van der Waals surface area (Å²) < 4.78 is 10.1. The Labute approximate surface area is 188 Å². The predicted molar refractivity (Wildman–Crippen MR) is 117 cm³/mol. The highest BCUT2D eigenvalue weighted by Gasteiger charge is 2.16. The van der Waals surface area contributed by atoms with E-state index in [0.29, 0.717) is 26.4 Å². The van der Waals surface area contributed by atoms with Crippen molar-refractivity contribution in [2.45, 2.75) is 4.90 Å². The van der Waals surface area contributed by atoms with Crippen LogP contribution in [0.15, 0.2) is 47.4 Å². The van der Waals surface area contributed by atoms with E-state index in [1.54, 1.807) is 42.5 Å². The first-order valence-electron chi connectivity index (χ1n) is 8.70. The molecule has 0 heterocycles. The number of nitrogens with one attached hydrogen (secondary N) is 1. The molecule has 2 amide bonds. The van der Waals surface area contributed by atoms with Gasteiger partial charge in [-0.3, -0.25) is 14.4 Å². The zero-order valence-corrected chi connectivity index (χ0v) is 18.6. The fourth-order valence-corrected chi connectivity index (χ4v) is 3.51. The Morgan fingerprint density at radius 2 is 1.90 bits per heavy atom. The first-order valence-corrected chi connectivity index (χ1v) is 10.4. The topological polar surface area (TPSA) is 84.9 Å².